The Bertz CT molecular complexity index is 477. The van der Waals surface area contributed by atoms with Gasteiger partial charge in [0.25, 0.3) is 5.91 Å². The van der Waals surface area contributed by atoms with E-state index in [4.69, 9.17) is 15.6 Å². The summed E-state index contributed by atoms with van der Waals surface area (Å²) in [5.74, 6) is -0.266. The van der Waals surface area contributed by atoms with Crippen LogP contribution in [0, 0.1) is 0 Å². The summed E-state index contributed by atoms with van der Waals surface area (Å²) in [6, 6.07) is 6.63. The smallest absolute Gasteiger partial charge is 0.321 e. The lowest BCUT2D eigenvalue weighted by atomic mass is 10.2. The number of hydrogen-bond acceptors (Lipinski definition) is 5. The highest BCUT2D eigenvalue weighted by atomic mass is 32.2. The minimum Gasteiger partial charge on any atom is -0.484 e. The number of aliphatic carboxylic acids is 1. The molecule has 0 radical (unpaired) electrons. The second-order valence-electron chi connectivity index (χ2n) is 4.09. The Hall–Kier alpha value is -1.73. The summed E-state index contributed by atoms with van der Waals surface area (Å²) in [6.45, 7) is -0.156. The van der Waals surface area contributed by atoms with Crippen molar-refractivity contribution in [3.05, 3.63) is 29.8 Å². The van der Waals surface area contributed by atoms with E-state index in [9.17, 15) is 9.59 Å². The average Bonchev–Trinajstić information content (AvgIpc) is 2.86. The van der Waals surface area contributed by atoms with Crippen molar-refractivity contribution in [2.75, 3.05) is 12.4 Å². The number of hydrogen-bond donors (Lipinski definition) is 3. The number of carboxylic acid groups (broad SMARTS) is 1. The van der Waals surface area contributed by atoms with Gasteiger partial charge in [-0.15, -0.1) is 11.8 Å². The number of carbonyl (C=O) groups excluding carboxylic acids is 1. The Morgan fingerprint density at radius 3 is 2.63 bits per heavy atom. The molecule has 102 valence electrons. The van der Waals surface area contributed by atoms with Crippen LogP contribution in [0.3, 0.4) is 0 Å². The first kappa shape index (κ1) is 13.7. The number of carboxylic acids is 1. The van der Waals surface area contributed by atoms with Gasteiger partial charge in [-0.25, -0.2) is 0 Å². The number of thioether (sulfide) groups is 1. The molecule has 0 unspecified atom stereocenters. The molecule has 0 saturated carbocycles. The minimum atomic E-state index is -0.837. The average molecular weight is 282 g/mol. The lowest BCUT2D eigenvalue weighted by molar-refractivity contribution is -0.138. The zero-order chi connectivity index (χ0) is 13.8. The molecule has 1 aromatic rings. The summed E-state index contributed by atoms with van der Waals surface area (Å²) >= 11 is 1.55. The number of amides is 1. The standard InChI is InChI=1S/C12H14N2O4S/c13-10(15)5-18-8-3-1-7(2-4-8)11-14-9(6-19-11)12(16)17/h1-4,9,11,14H,5-6H2,(H2,13,15)(H,16,17)/t9-,11-/m0/s1. The van der Waals surface area contributed by atoms with E-state index in [1.54, 1.807) is 23.9 Å². The maximum atomic E-state index is 10.8. The van der Waals surface area contributed by atoms with Gasteiger partial charge in [0.05, 0.1) is 5.37 Å². The van der Waals surface area contributed by atoms with E-state index in [0.717, 1.165) is 5.56 Å². The van der Waals surface area contributed by atoms with Gasteiger partial charge < -0.3 is 15.6 Å². The fourth-order valence-electron chi connectivity index (χ4n) is 1.70. The Kier molecular flexibility index (Phi) is 4.28. The van der Waals surface area contributed by atoms with Crippen LogP contribution in [0.5, 0.6) is 5.75 Å². The van der Waals surface area contributed by atoms with Gasteiger partial charge in [0, 0.05) is 5.75 Å². The molecular weight excluding hydrogens is 268 g/mol. The zero-order valence-corrected chi connectivity index (χ0v) is 10.9. The quantitative estimate of drug-likeness (QED) is 0.720. The van der Waals surface area contributed by atoms with Crippen LogP contribution < -0.4 is 15.8 Å². The predicted molar refractivity (Wildman–Crippen MR) is 70.9 cm³/mol. The van der Waals surface area contributed by atoms with Crippen LogP contribution in [-0.4, -0.2) is 35.4 Å². The van der Waals surface area contributed by atoms with Crippen LogP contribution in [0.2, 0.25) is 0 Å². The highest BCUT2D eigenvalue weighted by Crippen LogP contribution is 2.33. The lowest BCUT2D eigenvalue weighted by Gasteiger charge is -2.12. The summed E-state index contributed by atoms with van der Waals surface area (Å²) < 4.78 is 5.15. The monoisotopic (exact) mass is 282 g/mol. The molecule has 2 atom stereocenters. The van der Waals surface area contributed by atoms with Crippen LogP contribution in [0.1, 0.15) is 10.9 Å². The highest BCUT2D eigenvalue weighted by Gasteiger charge is 2.30. The maximum absolute atomic E-state index is 10.8. The molecule has 2 rings (SSSR count). The highest BCUT2D eigenvalue weighted by molar-refractivity contribution is 7.99. The first-order chi connectivity index (χ1) is 9.06. The molecule has 4 N–H and O–H groups in total. The van der Waals surface area contributed by atoms with Crippen LogP contribution in [0.4, 0.5) is 0 Å². The van der Waals surface area contributed by atoms with E-state index in [1.165, 1.54) is 0 Å². The molecule has 1 aliphatic rings. The summed E-state index contributed by atoms with van der Waals surface area (Å²) in [4.78, 5) is 21.4. The third kappa shape index (κ3) is 3.62. The maximum Gasteiger partial charge on any atom is 0.321 e. The summed E-state index contributed by atoms with van der Waals surface area (Å²) in [6.07, 6.45) is 0. The first-order valence-electron chi connectivity index (χ1n) is 5.68. The van der Waals surface area contributed by atoms with Gasteiger partial charge in [0.2, 0.25) is 0 Å². The molecule has 1 aromatic carbocycles. The van der Waals surface area contributed by atoms with Crippen molar-refractivity contribution in [1.29, 1.82) is 0 Å². The molecule has 1 aliphatic heterocycles. The van der Waals surface area contributed by atoms with Gasteiger partial charge in [-0.2, -0.15) is 0 Å². The van der Waals surface area contributed by atoms with Gasteiger partial charge in [-0.05, 0) is 17.7 Å². The van der Waals surface area contributed by atoms with Gasteiger partial charge >= 0.3 is 5.97 Å². The third-order valence-electron chi connectivity index (χ3n) is 2.64. The second-order valence-corrected chi connectivity index (χ2v) is 5.23. The number of rotatable bonds is 5. The summed E-state index contributed by atoms with van der Waals surface area (Å²) in [7, 11) is 0. The Balaban J connectivity index is 1.95. The van der Waals surface area contributed by atoms with E-state index >= 15 is 0 Å². The van der Waals surface area contributed by atoms with Crippen molar-refractivity contribution in [1.82, 2.24) is 5.32 Å². The molecule has 0 bridgehead atoms. The van der Waals surface area contributed by atoms with E-state index in [1.807, 2.05) is 12.1 Å². The number of benzene rings is 1. The van der Waals surface area contributed by atoms with E-state index in [2.05, 4.69) is 5.32 Å². The Morgan fingerprint density at radius 1 is 1.42 bits per heavy atom. The van der Waals surface area contributed by atoms with Crippen LogP contribution in [0.15, 0.2) is 24.3 Å². The molecule has 1 heterocycles. The van der Waals surface area contributed by atoms with E-state index in [0.29, 0.717) is 11.5 Å². The Morgan fingerprint density at radius 2 is 2.11 bits per heavy atom. The minimum absolute atomic E-state index is 0.0358. The fraction of sp³-hybridized carbons (Fsp3) is 0.333. The summed E-state index contributed by atoms with van der Waals surface area (Å²) in [5.41, 5.74) is 5.95. The largest absolute Gasteiger partial charge is 0.484 e. The SMILES string of the molecule is NC(=O)COc1ccc([C@H]2N[C@H](C(=O)O)CS2)cc1. The molecule has 19 heavy (non-hydrogen) atoms. The molecular formula is C12H14N2O4S. The van der Waals surface area contributed by atoms with E-state index < -0.39 is 17.9 Å². The number of primary amides is 1. The van der Waals surface area contributed by atoms with E-state index in [-0.39, 0.29) is 12.0 Å². The number of ether oxygens (including phenoxy) is 1. The zero-order valence-electron chi connectivity index (χ0n) is 10.0. The van der Waals surface area contributed by atoms with Crippen molar-refractivity contribution in [2.24, 2.45) is 5.73 Å². The topological polar surface area (TPSA) is 102 Å². The molecule has 1 fully saturated rings. The fourth-order valence-corrected chi connectivity index (χ4v) is 2.93. The molecule has 0 spiro atoms. The predicted octanol–water partition coefficient (Wildman–Crippen LogP) is 0.339. The van der Waals surface area contributed by atoms with Crippen LogP contribution >= 0.6 is 11.8 Å². The van der Waals surface area contributed by atoms with Gasteiger partial charge in [-0.1, -0.05) is 12.1 Å². The van der Waals surface area contributed by atoms with Crippen molar-refractivity contribution in [2.45, 2.75) is 11.4 Å². The molecule has 1 amide bonds. The molecule has 1 saturated heterocycles. The van der Waals surface area contributed by atoms with Crippen molar-refractivity contribution in [3.8, 4) is 5.75 Å². The number of nitrogens with one attached hydrogen (secondary N) is 1. The number of carbonyl (C=O) groups is 2. The normalized spacial score (nSPS) is 22.1. The van der Waals surface area contributed by atoms with Crippen LogP contribution in [-0.2, 0) is 9.59 Å². The van der Waals surface area contributed by atoms with Crippen molar-refractivity contribution < 1.29 is 19.4 Å². The van der Waals surface area contributed by atoms with Gasteiger partial charge in [-0.3, -0.25) is 14.9 Å². The summed E-state index contributed by atoms with van der Waals surface area (Å²) in [5, 5.41) is 11.9. The lowest BCUT2D eigenvalue weighted by Crippen LogP contribution is -2.33. The number of nitrogens with two attached hydrogens (primary N) is 1. The van der Waals surface area contributed by atoms with Crippen molar-refractivity contribution in [3.63, 3.8) is 0 Å². The molecule has 0 aromatic heterocycles. The first-order valence-corrected chi connectivity index (χ1v) is 6.72. The second kappa shape index (κ2) is 5.94. The molecule has 6 nitrogen and oxygen atoms in total. The van der Waals surface area contributed by atoms with Gasteiger partial charge in [0.1, 0.15) is 11.8 Å². The van der Waals surface area contributed by atoms with Crippen LogP contribution in [0.25, 0.3) is 0 Å². The Labute approximate surface area is 114 Å². The third-order valence-corrected chi connectivity index (χ3v) is 3.91. The molecule has 7 heteroatoms. The molecule has 0 aliphatic carbocycles. The van der Waals surface area contributed by atoms with Crippen molar-refractivity contribution >= 4 is 23.6 Å². The van der Waals surface area contributed by atoms with Gasteiger partial charge in [0.15, 0.2) is 6.61 Å².